The van der Waals surface area contributed by atoms with E-state index in [1.54, 1.807) is 4.90 Å². The van der Waals surface area contributed by atoms with Gasteiger partial charge in [-0.3, -0.25) is 4.79 Å². The van der Waals surface area contributed by atoms with E-state index in [1.807, 2.05) is 18.7 Å². The first-order valence-electron chi connectivity index (χ1n) is 7.60. The molecule has 0 aromatic rings. The molecule has 1 saturated heterocycles. The van der Waals surface area contributed by atoms with Crippen molar-refractivity contribution in [3.63, 3.8) is 0 Å². The molecule has 6 heteroatoms. The smallest absolute Gasteiger partial charge is 0.320 e. The highest BCUT2D eigenvalue weighted by molar-refractivity contribution is 5.75. The van der Waals surface area contributed by atoms with Crippen LogP contribution < -0.4 is 0 Å². The van der Waals surface area contributed by atoms with Crippen molar-refractivity contribution >= 4 is 12.0 Å². The Morgan fingerprint density at radius 3 is 2.48 bits per heavy atom. The lowest BCUT2D eigenvalue weighted by molar-refractivity contribution is -0.137. The fraction of sp³-hybridized carbons (Fsp3) is 0.800. The normalized spacial score (nSPS) is 15.8. The predicted molar refractivity (Wildman–Crippen MR) is 78.6 cm³/mol. The molecule has 1 aliphatic heterocycles. The average Bonchev–Trinajstić information content (AvgIpc) is 2.45. The Bertz CT molecular complexity index is 395. The Hall–Kier alpha value is -1.77. The first-order chi connectivity index (χ1) is 9.95. The number of carbonyl (C=O) groups excluding carboxylic acids is 1. The molecule has 118 valence electrons. The molecule has 0 aliphatic carbocycles. The average molecular weight is 295 g/mol. The van der Waals surface area contributed by atoms with Crippen molar-refractivity contribution in [3.05, 3.63) is 0 Å². The second-order valence-corrected chi connectivity index (χ2v) is 5.84. The van der Waals surface area contributed by atoms with Gasteiger partial charge in [0.05, 0.1) is 12.5 Å². The number of amides is 2. The van der Waals surface area contributed by atoms with E-state index in [2.05, 4.69) is 6.07 Å². The minimum atomic E-state index is -0.754. The minimum absolute atomic E-state index is 0.00284. The van der Waals surface area contributed by atoms with Crippen LogP contribution in [0.2, 0.25) is 0 Å². The quantitative estimate of drug-likeness (QED) is 0.815. The SMILES string of the molecule is CC(C)N(CCC#N)C(=O)N1CCC(CCC(=O)O)CC1. The number of carbonyl (C=O) groups is 2. The van der Waals surface area contributed by atoms with Gasteiger partial charge in [0.25, 0.3) is 0 Å². The third kappa shape index (κ3) is 5.62. The van der Waals surface area contributed by atoms with Crippen molar-refractivity contribution in [1.82, 2.24) is 9.80 Å². The summed E-state index contributed by atoms with van der Waals surface area (Å²) < 4.78 is 0. The lowest BCUT2D eigenvalue weighted by Gasteiger charge is -2.37. The fourth-order valence-corrected chi connectivity index (χ4v) is 2.67. The zero-order valence-corrected chi connectivity index (χ0v) is 12.9. The number of carboxylic acid groups (broad SMARTS) is 1. The summed E-state index contributed by atoms with van der Waals surface area (Å²) in [6.45, 7) is 5.73. The van der Waals surface area contributed by atoms with E-state index in [-0.39, 0.29) is 18.5 Å². The second-order valence-electron chi connectivity index (χ2n) is 5.84. The van der Waals surface area contributed by atoms with Crippen LogP contribution >= 0.6 is 0 Å². The van der Waals surface area contributed by atoms with Gasteiger partial charge in [-0.1, -0.05) is 0 Å². The summed E-state index contributed by atoms with van der Waals surface area (Å²) in [6.07, 6.45) is 2.98. The third-order valence-electron chi connectivity index (χ3n) is 3.99. The van der Waals surface area contributed by atoms with Gasteiger partial charge in [0.2, 0.25) is 0 Å². The van der Waals surface area contributed by atoms with E-state index in [0.29, 0.717) is 38.4 Å². The van der Waals surface area contributed by atoms with Crippen molar-refractivity contribution < 1.29 is 14.7 Å². The van der Waals surface area contributed by atoms with Crippen LogP contribution in [0.1, 0.15) is 46.0 Å². The number of hydrogen-bond donors (Lipinski definition) is 1. The molecule has 1 heterocycles. The molecule has 6 nitrogen and oxygen atoms in total. The van der Waals surface area contributed by atoms with Gasteiger partial charge < -0.3 is 14.9 Å². The number of nitrogens with zero attached hydrogens (tertiary/aromatic N) is 3. The van der Waals surface area contributed by atoms with Crippen LogP contribution in [-0.2, 0) is 4.79 Å². The second kappa shape index (κ2) is 8.50. The molecule has 1 fully saturated rings. The molecule has 0 atom stereocenters. The lowest BCUT2D eigenvalue weighted by atomic mass is 9.92. The first-order valence-corrected chi connectivity index (χ1v) is 7.60. The highest BCUT2D eigenvalue weighted by Gasteiger charge is 2.27. The maximum atomic E-state index is 12.5. The van der Waals surface area contributed by atoms with Crippen LogP contribution in [0.15, 0.2) is 0 Å². The molecule has 0 aromatic carbocycles. The van der Waals surface area contributed by atoms with Crippen LogP contribution in [0.25, 0.3) is 0 Å². The van der Waals surface area contributed by atoms with Crippen molar-refractivity contribution in [2.24, 2.45) is 5.92 Å². The monoisotopic (exact) mass is 295 g/mol. The molecule has 0 saturated carbocycles. The minimum Gasteiger partial charge on any atom is -0.481 e. The molecule has 0 aromatic heterocycles. The topological polar surface area (TPSA) is 84.6 Å². The number of nitriles is 1. The van der Waals surface area contributed by atoms with Crippen LogP contribution in [0.4, 0.5) is 4.79 Å². The fourth-order valence-electron chi connectivity index (χ4n) is 2.67. The van der Waals surface area contributed by atoms with E-state index >= 15 is 0 Å². The molecule has 0 spiro atoms. The van der Waals surface area contributed by atoms with E-state index in [4.69, 9.17) is 10.4 Å². The van der Waals surface area contributed by atoms with Crippen LogP contribution in [0, 0.1) is 17.2 Å². The zero-order valence-electron chi connectivity index (χ0n) is 12.9. The van der Waals surface area contributed by atoms with Gasteiger partial charge in [-0.05, 0) is 39.0 Å². The molecule has 0 radical (unpaired) electrons. The number of aliphatic carboxylic acids is 1. The summed E-state index contributed by atoms with van der Waals surface area (Å²) in [5.41, 5.74) is 0. The number of rotatable bonds is 6. The maximum absolute atomic E-state index is 12.5. The van der Waals surface area contributed by atoms with Gasteiger partial charge in [0.1, 0.15) is 0 Å². The Morgan fingerprint density at radius 1 is 1.38 bits per heavy atom. The number of hydrogen-bond acceptors (Lipinski definition) is 3. The highest BCUT2D eigenvalue weighted by atomic mass is 16.4. The summed E-state index contributed by atoms with van der Waals surface area (Å²) >= 11 is 0. The molecular formula is C15H25N3O3. The summed E-state index contributed by atoms with van der Waals surface area (Å²) in [5, 5.41) is 17.4. The Balaban J connectivity index is 2.46. The van der Waals surface area contributed by atoms with E-state index < -0.39 is 5.97 Å². The van der Waals surface area contributed by atoms with E-state index in [9.17, 15) is 9.59 Å². The summed E-state index contributed by atoms with van der Waals surface area (Å²) in [5.74, 6) is -0.354. The molecule has 1 rings (SSSR count). The van der Waals surface area contributed by atoms with Crippen LogP contribution in [0.3, 0.4) is 0 Å². The molecule has 21 heavy (non-hydrogen) atoms. The predicted octanol–water partition coefficient (Wildman–Crippen LogP) is 2.31. The molecule has 1 N–H and O–H groups in total. The Labute approximate surface area is 126 Å². The van der Waals surface area contributed by atoms with Gasteiger partial charge in [0.15, 0.2) is 0 Å². The van der Waals surface area contributed by atoms with Crippen LogP contribution in [-0.4, -0.2) is 52.6 Å². The lowest BCUT2D eigenvalue weighted by Crippen LogP contribution is -2.49. The Morgan fingerprint density at radius 2 is 2.00 bits per heavy atom. The van der Waals surface area contributed by atoms with Gasteiger partial charge in [-0.15, -0.1) is 0 Å². The molecule has 1 aliphatic rings. The van der Waals surface area contributed by atoms with Gasteiger partial charge in [-0.25, -0.2) is 4.79 Å². The number of likely N-dealkylation sites (tertiary alicyclic amines) is 1. The standard InChI is InChI=1S/C15H25N3O3/c1-12(2)18(9-3-8-16)15(21)17-10-6-13(7-11-17)4-5-14(19)20/h12-13H,3-7,9-11H2,1-2H3,(H,19,20). The van der Waals surface area contributed by atoms with Gasteiger partial charge >= 0.3 is 12.0 Å². The summed E-state index contributed by atoms with van der Waals surface area (Å²) in [4.78, 5) is 26.6. The van der Waals surface area contributed by atoms with E-state index in [0.717, 1.165) is 12.8 Å². The van der Waals surface area contributed by atoms with Crippen molar-refractivity contribution in [2.75, 3.05) is 19.6 Å². The number of carboxylic acids is 1. The Kier molecular flexibility index (Phi) is 7.00. The van der Waals surface area contributed by atoms with Crippen molar-refractivity contribution in [3.8, 4) is 6.07 Å². The molecule has 0 bridgehead atoms. The van der Waals surface area contributed by atoms with Crippen molar-refractivity contribution in [2.45, 2.75) is 52.0 Å². The summed E-state index contributed by atoms with van der Waals surface area (Å²) in [7, 11) is 0. The number of piperidine rings is 1. The molecular weight excluding hydrogens is 270 g/mol. The molecule has 0 unspecified atom stereocenters. The van der Waals surface area contributed by atoms with Crippen molar-refractivity contribution in [1.29, 1.82) is 5.26 Å². The molecule has 2 amide bonds. The zero-order chi connectivity index (χ0) is 15.8. The highest BCUT2D eigenvalue weighted by Crippen LogP contribution is 2.23. The maximum Gasteiger partial charge on any atom is 0.320 e. The third-order valence-corrected chi connectivity index (χ3v) is 3.99. The number of urea groups is 1. The van der Waals surface area contributed by atoms with Gasteiger partial charge in [0, 0.05) is 32.1 Å². The van der Waals surface area contributed by atoms with E-state index in [1.165, 1.54) is 0 Å². The largest absolute Gasteiger partial charge is 0.481 e. The van der Waals surface area contributed by atoms with Crippen LogP contribution in [0.5, 0.6) is 0 Å². The first kappa shape index (κ1) is 17.3. The summed E-state index contributed by atoms with van der Waals surface area (Å²) in [6, 6.07) is 2.15. The van der Waals surface area contributed by atoms with Gasteiger partial charge in [-0.2, -0.15) is 5.26 Å².